The zero-order valence-electron chi connectivity index (χ0n) is 11.1. The van der Waals surface area contributed by atoms with Crippen LogP contribution in [0, 0.1) is 13.8 Å². The molecule has 0 saturated heterocycles. The first-order valence-electron chi connectivity index (χ1n) is 5.76. The van der Waals surface area contributed by atoms with Gasteiger partial charge in [-0.2, -0.15) is 5.10 Å². The highest BCUT2D eigenvalue weighted by Gasteiger charge is 2.14. The Hall–Kier alpha value is -1.09. The average molecular weight is 221 g/mol. The summed E-state index contributed by atoms with van der Waals surface area (Å²) < 4.78 is 1.96. The molecule has 1 N–H and O–H groups in total. The van der Waals surface area contributed by atoms with Gasteiger partial charge >= 0.3 is 0 Å². The van der Waals surface area contributed by atoms with E-state index in [9.17, 15) is 0 Å². The lowest BCUT2D eigenvalue weighted by Gasteiger charge is -2.16. The van der Waals surface area contributed by atoms with Crippen molar-refractivity contribution in [3.63, 3.8) is 0 Å². The summed E-state index contributed by atoms with van der Waals surface area (Å²) in [6.45, 7) is 10.3. The highest BCUT2D eigenvalue weighted by atomic mass is 15.3. The Labute approximate surface area is 98.5 Å². The summed E-state index contributed by atoms with van der Waals surface area (Å²) >= 11 is 0. The second-order valence-corrected chi connectivity index (χ2v) is 4.62. The molecule has 1 aromatic heterocycles. The maximum absolute atomic E-state index is 4.44. The summed E-state index contributed by atoms with van der Waals surface area (Å²) in [6, 6.07) is 0.457. The number of rotatable bonds is 5. The van der Waals surface area contributed by atoms with Crippen molar-refractivity contribution < 1.29 is 0 Å². The molecule has 0 amide bonds. The smallest absolute Gasteiger partial charge is 0.0628 e. The molecule has 1 rings (SSSR count). The summed E-state index contributed by atoms with van der Waals surface area (Å²) in [5, 5.41) is 7.79. The van der Waals surface area contributed by atoms with Crippen molar-refractivity contribution in [2.24, 2.45) is 7.05 Å². The minimum Gasteiger partial charge on any atom is -0.316 e. The van der Waals surface area contributed by atoms with Gasteiger partial charge in [-0.1, -0.05) is 5.57 Å². The Bertz CT molecular complexity index is 377. The molecule has 0 bridgehead atoms. The fourth-order valence-electron chi connectivity index (χ4n) is 2.06. The zero-order valence-corrected chi connectivity index (χ0v) is 11.1. The van der Waals surface area contributed by atoms with Gasteiger partial charge in [0.2, 0.25) is 0 Å². The number of nitrogens with zero attached hydrogens (tertiary/aromatic N) is 2. The third kappa shape index (κ3) is 2.95. The maximum atomic E-state index is 4.44. The van der Waals surface area contributed by atoms with Gasteiger partial charge < -0.3 is 5.32 Å². The van der Waals surface area contributed by atoms with Crippen LogP contribution < -0.4 is 5.32 Å². The summed E-state index contributed by atoms with van der Waals surface area (Å²) in [6.07, 6.45) is 2.04. The van der Waals surface area contributed by atoms with Crippen LogP contribution in [0.15, 0.2) is 12.2 Å². The Morgan fingerprint density at radius 3 is 2.50 bits per heavy atom. The molecular weight excluding hydrogens is 198 g/mol. The molecule has 0 fully saturated rings. The number of hydrogen-bond acceptors (Lipinski definition) is 2. The molecule has 3 nitrogen and oxygen atoms in total. The van der Waals surface area contributed by atoms with Crippen molar-refractivity contribution >= 4 is 0 Å². The molecule has 3 heteroatoms. The third-order valence-electron chi connectivity index (χ3n) is 3.11. The largest absolute Gasteiger partial charge is 0.316 e. The molecule has 1 atom stereocenters. The topological polar surface area (TPSA) is 29.9 Å². The van der Waals surface area contributed by atoms with Crippen LogP contribution in [-0.4, -0.2) is 22.9 Å². The fourth-order valence-corrected chi connectivity index (χ4v) is 2.06. The van der Waals surface area contributed by atoms with Gasteiger partial charge in [0.05, 0.1) is 5.69 Å². The van der Waals surface area contributed by atoms with Crippen molar-refractivity contribution in [2.45, 2.75) is 39.7 Å². The normalized spacial score (nSPS) is 12.8. The quantitative estimate of drug-likeness (QED) is 0.772. The maximum Gasteiger partial charge on any atom is 0.0628 e. The molecule has 0 spiro atoms. The van der Waals surface area contributed by atoms with Crippen LogP contribution in [0.4, 0.5) is 0 Å². The molecule has 0 aliphatic carbocycles. The molecular formula is C13H23N3. The van der Waals surface area contributed by atoms with E-state index in [2.05, 4.69) is 37.8 Å². The van der Waals surface area contributed by atoms with Crippen LogP contribution in [0.3, 0.4) is 0 Å². The van der Waals surface area contributed by atoms with Crippen LogP contribution in [0.1, 0.15) is 30.3 Å². The number of aromatic nitrogens is 2. The number of aryl methyl sites for hydroxylation is 2. The monoisotopic (exact) mass is 221 g/mol. The van der Waals surface area contributed by atoms with E-state index < -0.39 is 0 Å². The lowest BCUT2D eigenvalue weighted by molar-refractivity contribution is 0.552. The second kappa shape index (κ2) is 5.30. The second-order valence-electron chi connectivity index (χ2n) is 4.62. The minimum absolute atomic E-state index is 0.457. The van der Waals surface area contributed by atoms with Gasteiger partial charge in [0, 0.05) is 18.8 Å². The SMILES string of the molecule is C=C(C)CC(Cc1c(C)nn(C)c1C)NC. The molecule has 1 heterocycles. The van der Waals surface area contributed by atoms with E-state index >= 15 is 0 Å². The first-order chi connectivity index (χ1) is 7.45. The standard InChI is InChI=1S/C13H23N3/c1-9(2)7-12(14-5)8-13-10(3)15-16(6)11(13)4/h12,14H,1,7-8H2,2-6H3. The van der Waals surface area contributed by atoms with Crippen LogP contribution in [0.5, 0.6) is 0 Å². The Kier molecular flexibility index (Phi) is 4.30. The summed E-state index contributed by atoms with van der Waals surface area (Å²) in [5.41, 5.74) is 4.99. The Morgan fingerprint density at radius 2 is 2.12 bits per heavy atom. The molecule has 0 radical (unpaired) electrons. The van der Waals surface area contributed by atoms with Crippen molar-refractivity contribution in [3.8, 4) is 0 Å². The highest BCUT2D eigenvalue weighted by Crippen LogP contribution is 2.16. The summed E-state index contributed by atoms with van der Waals surface area (Å²) in [7, 11) is 4.01. The van der Waals surface area contributed by atoms with Crippen LogP contribution >= 0.6 is 0 Å². The van der Waals surface area contributed by atoms with E-state index in [0.717, 1.165) is 18.5 Å². The summed E-state index contributed by atoms with van der Waals surface area (Å²) in [4.78, 5) is 0. The van der Waals surface area contributed by atoms with Gasteiger partial charge in [0.15, 0.2) is 0 Å². The lowest BCUT2D eigenvalue weighted by Crippen LogP contribution is -2.28. The molecule has 90 valence electrons. The van der Waals surface area contributed by atoms with E-state index in [4.69, 9.17) is 0 Å². The molecule has 1 aromatic rings. The van der Waals surface area contributed by atoms with Gasteiger partial charge in [0.25, 0.3) is 0 Å². The van der Waals surface area contributed by atoms with Gasteiger partial charge in [-0.05, 0) is 46.2 Å². The molecule has 0 aliphatic heterocycles. The molecule has 0 aromatic carbocycles. The molecule has 0 aliphatic rings. The summed E-state index contributed by atoms with van der Waals surface area (Å²) in [5.74, 6) is 0. The molecule has 0 saturated carbocycles. The average Bonchev–Trinajstić information content (AvgIpc) is 2.43. The lowest BCUT2D eigenvalue weighted by atomic mass is 9.99. The van der Waals surface area contributed by atoms with Crippen molar-refractivity contribution in [1.29, 1.82) is 0 Å². The zero-order chi connectivity index (χ0) is 12.3. The predicted octanol–water partition coefficient (Wildman–Crippen LogP) is 2.13. The van der Waals surface area contributed by atoms with E-state index in [1.54, 1.807) is 0 Å². The molecule has 16 heavy (non-hydrogen) atoms. The highest BCUT2D eigenvalue weighted by molar-refractivity contribution is 5.25. The minimum atomic E-state index is 0.457. The number of nitrogens with one attached hydrogen (secondary N) is 1. The van der Waals surface area contributed by atoms with Crippen LogP contribution in [0.25, 0.3) is 0 Å². The van der Waals surface area contributed by atoms with Crippen molar-refractivity contribution in [3.05, 3.63) is 29.1 Å². The number of hydrogen-bond donors (Lipinski definition) is 1. The third-order valence-corrected chi connectivity index (χ3v) is 3.11. The Morgan fingerprint density at radius 1 is 1.50 bits per heavy atom. The van der Waals surface area contributed by atoms with Gasteiger partial charge in [-0.25, -0.2) is 0 Å². The Balaban J connectivity index is 2.81. The first kappa shape index (κ1) is 13.0. The first-order valence-corrected chi connectivity index (χ1v) is 5.76. The van der Waals surface area contributed by atoms with Crippen LogP contribution in [0.2, 0.25) is 0 Å². The van der Waals surface area contributed by atoms with E-state index in [1.165, 1.54) is 16.8 Å². The number of likely N-dealkylation sites (N-methyl/N-ethyl adjacent to an activating group) is 1. The van der Waals surface area contributed by atoms with E-state index in [-0.39, 0.29) is 0 Å². The van der Waals surface area contributed by atoms with Crippen molar-refractivity contribution in [2.75, 3.05) is 7.05 Å². The van der Waals surface area contributed by atoms with Gasteiger partial charge in [-0.3, -0.25) is 4.68 Å². The van der Waals surface area contributed by atoms with Gasteiger partial charge in [-0.15, -0.1) is 6.58 Å². The van der Waals surface area contributed by atoms with Crippen LogP contribution in [-0.2, 0) is 13.5 Å². The van der Waals surface area contributed by atoms with Crippen molar-refractivity contribution in [1.82, 2.24) is 15.1 Å². The predicted molar refractivity (Wildman–Crippen MR) is 68.7 cm³/mol. The van der Waals surface area contributed by atoms with E-state index in [0.29, 0.717) is 6.04 Å². The van der Waals surface area contributed by atoms with Gasteiger partial charge in [0.1, 0.15) is 0 Å². The van der Waals surface area contributed by atoms with E-state index in [1.807, 2.05) is 18.8 Å². The molecule has 1 unspecified atom stereocenters. The fraction of sp³-hybridized carbons (Fsp3) is 0.615.